The maximum atomic E-state index is 15.1. The van der Waals surface area contributed by atoms with Crippen LogP contribution in [0.5, 0.6) is 5.75 Å². The fourth-order valence-electron chi connectivity index (χ4n) is 3.71. The number of ether oxygens (including phenoxy) is 1. The van der Waals surface area contributed by atoms with Crippen LogP contribution in [0.1, 0.15) is 67.0 Å². The Morgan fingerprint density at radius 2 is 2.10 bits per heavy atom. The summed E-state index contributed by atoms with van der Waals surface area (Å²) in [4.78, 5) is 21.7. The lowest BCUT2D eigenvalue weighted by atomic mass is 9.95. The van der Waals surface area contributed by atoms with Gasteiger partial charge in [-0.05, 0) is 39.7 Å². The summed E-state index contributed by atoms with van der Waals surface area (Å²) in [6.45, 7) is 7.40. The molecule has 1 aliphatic carbocycles. The highest BCUT2D eigenvalue weighted by molar-refractivity contribution is 6.31. The molecular formula is C22H25ClFN5O2. The highest BCUT2D eigenvalue weighted by Gasteiger charge is 2.32. The minimum Gasteiger partial charge on any atom is -0.490 e. The van der Waals surface area contributed by atoms with E-state index in [1.807, 2.05) is 32.1 Å². The van der Waals surface area contributed by atoms with Crippen LogP contribution in [0.2, 0.25) is 5.02 Å². The van der Waals surface area contributed by atoms with Crippen LogP contribution in [-0.2, 0) is 0 Å². The summed E-state index contributed by atoms with van der Waals surface area (Å²) in [7, 11) is 0. The molecule has 1 aromatic carbocycles. The molecule has 1 aliphatic rings. The van der Waals surface area contributed by atoms with Gasteiger partial charge in [-0.2, -0.15) is 0 Å². The van der Waals surface area contributed by atoms with Gasteiger partial charge in [-0.25, -0.2) is 14.4 Å². The average Bonchev–Trinajstić information content (AvgIpc) is 3.44. The zero-order valence-electron chi connectivity index (χ0n) is 17.9. The zero-order chi connectivity index (χ0) is 22.4. The minimum absolute atomic E-state index is 0.0630. The van der Waals surface area contributed by atoms with Crippen molar-refractivity contribution in [3.63, 3.8) is 0 Å². The Balaban J connectivity index is 1.90. The molecule has 1 unspecified atom stereocenters. The molecule has 1 fully saturated rings. The standard InChI is InChI=1S/C22H25ClFN5O2/c1-10(2)31-19-14(9-15(23)17(24)16(19)22(30)28-13-5-6-13)11(3)21-27-12(4)18-20(25)26-7-8-29(18)21/h7-11,13H,5-6H2,1-4H3,(H2,25,26)(H,28,30). The summed E-state index contributed by atoms with van der Waals surface area (Å²) in [5.74, 6) is -0.479. The number of hydrogen-bond donors (Lipinski definition) is 2. The van der Waals surface area contributed by atoms with Crippen molar-refractivity contribution in [2.45, 2.75) is 58.6 Å². The molecule has 0 aliphatic heterocycles. The molecule has 3 aromatic rings. The number of amides is 1. The van der Waals surface area contributed by atoms with Gasteiger partial charge in [0, 0.05) is 29.9 Å². The topological polar surface area (TPSA) is 94.5 Å². The van der Waals surface area contributed by atoms with Crippen LogP contribution >= 0.6 is 11.6 Å². The molecule has 0 saturated heterocycles. The SMILES string of the molecule is Cc1nc(C(C)c2cc(Cl)c(F)c(C(=O)NC3CC3)c2OC(C)C)n2ccnc(N)c12. The average molecular weight is 446 g/mol. The third kappa shape index (κ3) is 3.92. The summed E-state index contributed by atoms with van der Waals surface area (Å²) in [6.07, 6.45) is 4.85. The Bertz CT molecular complexity index is 1170. The van der Waals surface area contributed by atoms with Crippen LogP contribution < -0.4 is 15.8 Å². The first-order chi connectivity index (χ1) is 14.7. The maximum Gasteiger partial charge on any atom is 0.258 e. The number of aryl methyl sites for hydroxylation is 1. The molecule has 9 heteroatoms. The molecule has 3 N–H and O–H groups in total. The molecular weight excluding hydrogens is 421 g/mol. The van der Waals surface area contributed by atoms with Gasteiger partial charge in [-0.15, -0.1) is 0 Å². The molecule has 2 aromatic heterocycles. The van der Waals surface area contributed by atoms with Gasteiger partial charge in [0.1, 0.15) is 28.5 Å². The minimum atomic E-state index is -0.788. The highest BCUT2D eigenvalue weighted by atomic mass is 35.5. The lowest BCUT2D eigenvalue weighted by molar-refractivity contribution is 0.0940. The van der Waals surface area contributed by atoms with E-state index in [0.29, 0.717) is 22.7 Å². The smallest absolute Gasteiger partial charge is 0.258 e. The largest absolute Gasteiger partial charge is 0.490 e. The number of carbonyl (C=O) groups excluding carboxylic acids is 1. The number of nitrogen functional groups attached to an aromatic ring is 1. The Morgan fingerprint density at radius 3 is 2.74 bits per heavy atom. The zero-order valence-corrected chi connectivity index (χ0v) is 18.6. The van der Waals surface area contributed by atoms with E-state index in [4.69, 9.17) is 22.1 Å². The van der Waals surface area contributed by atoms with Gasteiger partial charge in [-0.3, -0.25) is 9.20 Å². The predicted octanol–water partition coefficient (Wildman–Crippen LogP) is 4.24. The monoisotopic (exact) mass is 445 g/mol. The second-order valence-electron chi connectivity index (χ2n) is 8.19. The molecule has 1 saturated carbocycles. The molecule has 1 atom stereocenters. The molecule has 0 bridgehead atoms. The first-order valence-corrected chi connectivity index (χ1v) is 10.6. The van der Waals surface area contributed by atoms with E-state index in [-0.39, 0.29) is 34.4 Å². The van der Waals surface area contributed by atoms with E-state index >= 15 is 4.39 Å². The van der Waals surface area contributed by atoms with Gasteiger partial charge in [0.05, 0.1) is 16.8 Å². The van der Waals surface area contributed by atoms with Crippen LogP contribution in [-0.4, -0.2) is 32.4 Å². The predicted molar refractivity (Wildman–Crippen MR) is 117 cm³/mol. The van der Waals surface area contributed by atoms with Crippen molar-refractivity contribution in [3.05, 3.63) is 51.9 Å². The Kier molecular flexibility index (Phi) is 5.51. The van der Waals surface area contributed by atoms with Crippen molar-refractivity contribution in [2.24, 2.45) is 0 Å². The van der Waals surface area contributed by atoms with Gasteiger partial charge >= 0.3 is 0 Å². The fraction of sp³-hybridized carbons (Fsp3) is 0.409. The second kappa shape index (κ2) is 8.00. The molecule has 7 nitrogen and oxygen atoms in total. The summed E-state index contributed by atoms with van der Waals surface area (Å²) in [5, 5.41) is 2.69. The number of nitrogens with two attached hydrogens (primary N) is 1. The van der Waals surface area contributed by atoms with Crippen molar-refractivity contribution in [1.29, 1.82) is 0 Å². The third-order valence-electron chi connectivity index (χ3n) is 5.33. The highest BCUT2D eigenvalue weighted by Crippen LogP contribution is 2.40. The number of rotatable bonds is 6. The number of aromatic nitrogens is 3. The van der Waals surface area contributed by atoms with E-state index in [2.05, 4.69) is 15.3 Å². The lowest BCUT2D eigenvalue weighted by Crippen LogP contribution is -2.28. The number of hydrogen-bond acceptors (Lipinski definition) is 5. The number of benzene rings is 1. The fourth-order valence-corrected chi connectivity index (χ4v) is 3.93. The van der Waals surface area contributed by atoms with E-state index < -0.39 is 11.7 Å². The van der Waals surface area contributed by atoms with Crippen molar-refractivity contribution in [3.8, 4) is 5.75 Å². The number of fused-ring (bicyclic) bond motifs is 1. The number of nitrogens with zero attached hydrogens (tertiary/aromatic N) is 3. The van der Waals surface area contributed by atoms with E-state index in [1.54, 1.807) is 12.4 Å². The molecule has 164 valence electrons. The normalized spacial score (nSPS) is 14.8. The Hall–Kier alpha value is -2.87. The first-order valence-electron chi connectivity index (χ1n) is 10.3. The quantitative estimate of drug-likeness (QED) is 0.591. The summed E-state index contributed by atoms with van der Waals surface area (Å²) in [6, 6.07) is 1.57. The van der Waals surface area contributed by atoms with E-state index in [9.17, 15) is 4.79 Å². The van der Waals surface area contributed by atoms with Gasteiger partial charge in [-0.1, -0.05) is 18.5 Å². The molecule has 2 heterocycles. The van der Waals surface area contributed by atoms with Gasteiger partial charge in [0.15, 0.2) is 5.82 Å². The second-order valence-corrected chi connectivity index (χ2v) is 8.60. The molecule has 4 rings (SSSR count). The lowest BCUT2D eigenvalue weighted by Gasteiger charge is -2.22. The van der Waals surface area contributed by atoms with Gasteiger partial charge in [0.25, 0.3) is 5.91 Å². The number of imidazole rings is 1. The number of anilines is 1. The number of halogens is 2. The van der Waals surface area contributed by atoms with Crippen molar-refractivity contribution in [2.75, 3.05) is 5.73 Å². The molecule has 31 heavy (non-hydrogen) atoms. The van der Waals surface area contributed by atoms with Gasteiger partial charge < -0.3 is 15.8 Å². The summed E-state index contributed by atoms with van der Waals surface area (Å²) < 4.78 is 22.9. The number of nitrogens with one attached hydrogen (secondary N) is 1. The van der Waals surface area contributed by atoms with E-state index in [1.165, 1.54) is 6.07 Å². The third-order valence-corrected chi connectivity index (χ3v) is 5.61. The summed E-state index contributed by atoms with van der Waals surface area (Å²) in [5.41, 5.74) is 7.87. The Labute approximate surface area is 184 Å². The van der Waals surface area contributed by atoms with Crippen molar-refractivity contribution in [1.82, 2.24) is 19.7 Å². The Morgan fingerprint density at radius 1 is 1.39 bits per heavy atom. The molecule has 0 radical (unpaired) electrons. The molecule has 1 amide bonds. The van der Waals surface area contributed by atoms with Crippen molar-refractivity contribution >= 4 is 28.8 Å². The first kappa shape index (κ1) is 21.4. The van der Waals surface area contributed by atoms with Crippen LogP contribution in [0.25, 0.3) is 5.52 Å². The molecule has 0 spiro atoms. The number of carbonyl (C=O) groups is 1. The van der Waals surface area contributed by atoms with Gasteiger partial charge in [0.2, 0.25) is 0 Å². The maximum absolute atomic E-state index is 15.1. The van der Waals surface area contributed by atoms with Crippen LogP contribution in [0, 0.1) is 12.7 Å². The summed E-state index contributed by atoms with van der Waals surface area (Å²) >= 11 is 6.24. The van der Waals surface area contributed by atoms with Crippen LogP contribution in [0.4, 0.5) is 10.2 Å². The van der Waals surface area contributed by atoms with Crippen molar-refractivity contribution < 1.29 is 13.9 Å². The van der Waals surface area contributed by atoms with Crippen LogP contribution in [0.15, 0.2) is 18.5 Å². The van der Waals surface area contributed by atoms with E-state index in [0.717, 1.165) is 18.5 Å². The van der Waals surface area contributed by atoms with Crippen LogP contribution in [0.3, 0.4) is 0 Å².